The van der Waals surface area contributed by atoms with E-state index in [2.05, 4.69) is 30.7 Å². The van der Waals surface area contributed by atoms with Gasteiger partial charge >= 0.3 is 6.61 Å². The number of nitrogens with zero attached hydrogens (tertiary/aromatic N) is 4. The van der Waals surface area contributed by atoms with E-state index in [-0.39, 0.29) is 58.4 Å². The SMILES string of the molecule is CNc1[nH]ncc1C(=O)Nc1cn(CC(=O)N2CCCC2CO)nc1-c1cc(Cl)ccc1OC(F)F. The van der Waals surface area contributed by atoms with Crippen LogP contribution < -0.4 is 15.4 Å². The number of alkyl halides is 2. The van der Waals surface area contributed by atoms with Crippen LogP contribution in [0.5, 0.6) is 5.75 Å². The quantitative estimate of drug-likeness (QED) is 0.338. The van der Waals surface area contributed by atoms with Crippen LogP contribution >= 0.6 is 11.6 Å². The van der Waals surface area contributed by atoms with E-state index in [0.29, 0.717) is 18.8 Å². The molecule has 2 amide bonds. The third-order valence-electron chi connectivity index (χ3n) is 5.76. The number of ether oxygens (including phenoxy) is 1. The predicted molar refractivity (Wildman–Crippen MR) is 127 cm³/mol. The van der Waals surface area contributed by atoms with Crippen LogP contribution in [0.3, 0.4) is 0 Å². The summed E-state index contributed by atoms with van der Waals surface area (Å²) in [4.78, 5) is 27.4. The fraction of sp³-hybridized carbons (Fsp3) is 0.364. The van der Waals surface area contributed by atoms with E-state index in [0.717, 1.165) is 6.42 Å². The number of aliphatic hydroxyl groups is 1. The van der Waals surface area contributed by atoms with Crippen LogP contribution in [-0.2, 0) is 11.3 Å². The van der Waals surface area contributed by atoms with Gasteiger partial charge in [0.05, 0.1) is 24.5 Å². The zero-order valence-corrected chi connectivity index (χ0v) is 19.9. The second-order valence-corrected chi connectivity index (χ2v) is 8.47. The topological polar surface area (TPSA) is 137 Å². The average molecular weight is 524 g/mol. The molecule has 1 saturated heterocycles. The van der Waals surface area contributed by atoms with Gasteiger partial charge < -0.3 is 25.4 Å². The summed E-state index contributed by atoms with van der Waals surface area (Å²) in [5.74, 6) is -0.676. The van der Waals surface area contributed by atoms with Crippen molar-refractivity contribution in [2.75, 3.05) is 30.8 Å². The van der Waals surface area contributed by atoms with Crippen molar-refractivity contribution < 1.29 is 28.2 Å². The number of aliphatic hydroxyl groups excluding tert-OH is 1. The van der Waals surface area contributed by atoms with Crippen LogP contribution in [0.25, 0.3) is 11.3 Å². The lowest BCUT2D eigenvalue weighted by molar-refractivity contribution is -0.133. The molecule has 1 aliphatic heterocycles. The summed E-state index contributed by atoms with van der Waals surface area (Å²) in [6.45, 7) is -2.94. The van der Waals surface area contributed by atoms with Gasteiger partial charge in [0.15, 0.2) is 0 Å². The molecule has 0 saturated carbocycles. The number of anilines is 2. The van der Waals surface area contributed by atoms with Gasteiger partial charge in [-0.3, -0.25) is 19.4 Å². The fourth-order valence-corrected chi connectivity index (χ4v) is 4.27. The minimum atomic E-state index is -3.11. The summed E-state index contributed by atoms with van der Waals surface area (Å²) in [6.07, 6.45) is 4.21. The van der Waals surface area contributed by atoms with E-state index in [1.807, 2.05) is 0 Å². The monoisotopic (exact) mass is 523 g/mol. The van der Waals surface area contributed by atoms with E-state index < -0.39 is 12.5 Å². The lowest BCUT2D eigenvalue weighted by atomic mass is 10.1. The molecule has 0 radical (unpaired) electrons. The molecule has 4 N–H and O–H groups in total. The maximum absolute atomic E-state index is 13.1. The maximum Gasteiger partial charge on any atom is 0.387 e. The highest BCUT2D eigenvalue weighted by atomic mass is 35.5. The fourth-order valence-electron chi connectivity index (χ4n) is 4.10. The second-order valence-electron chi connectivity index (χ2n) is 8.04. The molecule has 36 heavy (non-hydrogen) atoms. The van der Waals surface area contributed by atoms with Gasteiger partial charge in [0, 0.05) is 30.4 Å². The molecule has 0 bridgehead atoms. The highest BCUT2D eigenvalue weighted by molar-refractivity contribution is 6.31. The number of benzene rings is 1. The van der Waals surface area contributed by atoms with Crippen LogP contribution in [-0.4, -0.2) is 74.7 Å². The lowest BCUT2D eigenvalue weighted by Gasteiger charge is -2.22. The molecule has 1 atom stereocenters. The smallest absolute Gasteiger partial charge is 0.387 e. The molecule has 0 aliphatic carbocycles. The summed E-state index contributed by atoms with van der Waals surface area (Å²) in [5.41, 5.74) is 0.506. The van der Waals surface area contributed by atoms with Crippen molar-refractivity contribution in [2.45, 2.75) is 32.0 Å². The molecular weight excluding hydrogens is 500 g/mol. The highest BCUT2D eigenvalue weighted by Crippen LogP contribution is 2.37. The molecule has 3 heterocycles. The number of hydrogen-bond donors (Lipinski definition) is 4. The Morgan fingerprint density at radius 1 is 1.39 bits per heavy atom. The average Bonchev–Trinajstić information content (AvgIpc) is 3.59. The van der Waals surface area contributed by atoms with Gasteiger partial charge in [-0.1, -0.05) is 11.6 Å². The zero-order valence-electron chi connectivity index (χ0n) is 19.2. The number of aromatic nitrogens is 4. The van der Waals surface area contributed by atoms with Gasteiger partial charge in [-0.2, -0.15) is 19.0 Å². The number of carbonyl (C=O) groups is 2. The molecule has 192 valence electrons. The third-order valence-corrected chi connectivity index (χ3v) is 6.00. The third kappa shape index (κ3) is 5.41. The zero-order chi connectivity index (χ0) is 25.8. The van der Waals surface area contributed by atoms with Crippen LogP contribution in [0.1, 0.15) is 23.2 Å². The van der Waals surface area contributed by atoms with Gasteiger partial charge in [0.2, 0.25) is 5.91 Å². The lowest BCUT2D eigenvalue weighted by Crippen LogP contribution is -2.39. The Morgan fingerprint density at radius 3 is 2.92 bits per heavy atom. The van der Waals surface area contributed by atoms with Crippen LogP contribution in [0.4, 0.5) is 20.3 Å². The van der Waals surface area contributed by atoms with Gasteiger partial charge in [-0.25, -0.2) is 0 Å². The molecule has 3 aromatic rings. The highest BCUT2D eigenvalue weighted by Gasteiger charge is 2.29. The summed E-state index contributed by atoms with van der Waals surface area (Å²) < 4.78 is 32.1. The first-order valence-corrected chi connectivity index (χ1v) is 11.4. The summed E-state index contributed by atoms with van der Waals surface area (Å²) in [5, 5.41) is 26.2. The van der Waals surface area contributed by atoms with Crippen molar-refractivity contribution in [3.8, 4) is 17.0 Å². The molecule has 0 spiro atoms. The van der Waals surface area contributed by atoms with Crippen molar-refractivity contribution in [3.63, 3.8) is 0 Å². The largest absolute Gasteiger partial charge is 0.434 e. The number of hydrogen-bond acceptors (Lipinski definition) is 7. The number of amides is 2. The molecule has 1 unspecified atom stereocenters. The summed E-state index contributed by atoms with van der Waals surface area (Å²) in [6, 6.07) is 3.76. The van der Waals surface area contributed by atoms with Crippen molar-refractivity contribution in [1.82, 2.24) is 24.9 Å². The number of rotatable bonds is 9. The predicted octanol–water partition coefficient (Wildman–Crippen LogP) is 2.81. The molecule has 1 aliphatic rings. The number of likely N-dealkylation sites (tertiary alicyclic amines) is 1. The van der Waals surface area contributed by atoms with E-state index >= 15 is 0 Å². The van der Waals surface area contributed by atoms with Crippen LogP contribution in [0.2, 0.25) is 5.02 Å². The Hall–Kier alpha value is -3.71. The Kier molecular flexibility index (Phi) is 7.70. The second kappa shape index (κ2) is 10.9. The van der Waals surface area contributed by atoms with Crippen LogP contribution in [0.15, 0.2) is 30.6 Å². The Balaban J connectivity index is 1.71. The number of halogens is 3. The molecular formula is C22H24ClF2N7O4. The van der Waals surface area contributed by atoms with Crippen LogP contribution in [0, 0.1) is 0 Å². The minimum Gasteiger partial charge on any atom is -0.434 e. The first-order valence-electron chi connectivity index (χ1n) is 11.1. The van der Waals surface area contributed by atoms with Gasteiger partial charge in [0.25, 0.3) is 5.91 Å². The molecule has 11 nitrogen and oxygen atoms in total. The Bertz CT molecular complexity index is 1250. The van der Waals surface area contributed by atoms with Gasteiger partial charge in [0.1, 0.15) is 29.4 Å². The molecule has 2 aromatic heterocycles. The van der Waals surface area contributed by atoms with Crippen molar-refractivity contribution in [2.24, 2.45) is 0 Å². The Labute approximate surface area is 209 Å². The van der Waals surface area contributed by atoms with E-state index in [9.17, 15) is 23.5 Å². The first-order chi connectivity index (χ1) is 17.3. The van der Waals surface area contributed by atoms with E-state index in [1.165, 1.54) is 35.3 Å². The molecule has 4 rings (SSSR count). The number of carbonyl (C=O) groups excluding carboxylic acids is 2. The van der Waals surface area contributed by atoms with Gasteiger partial charge in [-0.15, -0.1) is 0 Å². The molecule has 1 fully saturated rings. The maximum atomic E-state index is 13.1. The molecule has 14 heteroatoms. The molecule has 1 aromatic carbocycles. The number of aromatic amines is 1. The van der Waals surface area contributed by atoms with Crippen molar-refractivity contribution in [3.05, 3.63) is 41.2 Å². The standard InChI is InChI=1S/C22H24ClF2N7O4/c1-26-20-15(8-27-29-20)21(35)28-16-9-31(10-18(34)32-6-2-3-13(32)11-33)30-19(16)14-7-12(23)4-5-17(14)36-22(24)25/h4-5,7-9,13,22,33H,2-3,6,10-11H2,1H3,(H,28,35)(H2,26,27,29). The Morgan fingerprint density at radius 2 is 2.19 bits per heavy atom. The number of nitrogens with one attached hydrogen (secondary N) is 3. The minimum absolute atomic E-state index is 0.0731. The summed E-state index contributed by atoms with van der Waals surface area (Å²) >= 11 is 6.12. The number of H-pyrrole nitrogens is 1. The first kappa shape index (κ1) is 25.4. The van der Waals surface area contributed by atoms with E-state index in [4.69, 9.17) is 11.6 Å². The van der Waals surface area contributed by atoms with Crippen molar-refractivity contribution in [1.29, 1.82) is 0 Å². The normalized spacial score (nSPS) is 15.4. The van der Waals surface area contributed by atoms with Gasteiger partial charge in [-0.05, 0) is 31.0 Å². The summed E-state index contributed by atoms with van der Waals surface area (Å²) in [7, 11) is 1.61. The van der Waals surface area contributed by atoms with E-state index in [1.54, 1.807) is 11.9 Å². The van der Waals surface area contributed by atoms with Crippen molar-refractivity contribution >= 4 is 34.9 Å².